The van der Waals surface area contributed by atoms with E-state index in [1.54, 1.807) is 31.7 Å². The van der Waals surface area contributed by atoms with Crippen molar-refractivity contribution in [3.63, 3.8) is 0 Å². The summed E-state index contributed by atoms with van der Waals surface area (Å²) >= 11 is 6.13. The lowest BCUT2D eigenvalue weighted by molar-refractivity contribution is -0.119. The van der Waals surface area contributed by atoms with Gasteiger partial charge in [-0.3, -0.25) is 14.8 Å². The fourth-order valence-electron chi connectivity index (χ4n) is 3.70. The summed E-state index contributed by atoms with van der Waals surface area (Å²) in [5, 5.41) is 1.38. The Bertz CT molecular complexity index is 1210. The van der Waals surface area contributed by atoms with Gasteiger partial charge in [-0.2, -0.15) is 0 Å². The minimum atomic E-state index is -0.574. The number of carbonyl (C=O) groups excluding carboxylic acids is 1. The van der Waals surface area contributed by atoms with Gasteiger partial charge in [0, 0.05) is 41.8 Å². The summed E-state index contributed by atoms with van der Waals surface area (Å²) in [5.74, 6) is 0.123. The van der Waals surface area contributed by atoms with E-state index in [0.717, 1.165) is 16.5 Å². The van der Waals surface area contributed by atoms with E-state index < -0.39 is 11.9 Å². The zero-order valence-electron chi connectivity index (χ0n) is 17.2. The highest BCUT2D eigenvalue weighted by Crippen LogP contribution is 2.29. The van der Waals surface area contributed by atoms with Gasteiger partial charge >= 0.3 is 0 Å². The fraction of sp³-hybridized carbons (Fsp3) is 0.227. The van der Waals surface area contributed by atoms with Gasteiger partial charge < -0.3 is 15.6 Å². The molecule has 0 radical (unpaired) electrons. The third-order valence-corrected chi connectivity index (χ3v) is 5.42. The van der Waals surface area contributed by atoms with Gasteiger partial charge in [0.15, 0.2) is 0 Å². The van der Waals surface area contributed by atoms with E-state index >= 15 is 0 Å². The normalized spacial score (nSPS) is 13.1. The Balaban J connectivity index is 1.73. The Morgan fingerprint density at radius 2 is 2.06 bits per heavy atom. The van der Waals surface area contributed by atoms with Crippen LogP contribution in [-0.2, 0) is 11.2 Å². The number of amides is 1. The monoisotopic (exact) mass is 435 g/mol. The lowest BCUT2D eigenvalue weighted by Gasteiger charge is -2.34. The molecule has 0 saturated carbocycles. The van der Waals surface area contributed by atoms with Crippen LogP contribution >= 0.6 is 11.6 Å². The molecular weight excluding hydrogens is 414 g/mol. The van der Waals surface area contributed by atoms with Gasteiger partial charge in [-0.25, -0.2) is 9.97 Å². The maximum atomic E-state index is 12.1. The molecule has 4 rings (SSSR count). The number of nitrogens with one attached hydrogen (secondary N) is 1. The van der Waals surface area contributed by atoms with Gasteiger partial charge in [-0.1, -0.05) is 17.7 Å². The SMILES string of the molecule is CC(Cc1cccnc1)N(c1cncc(-c2c[nH]c3ncc(Cl)cc23)n1)[C@H](C)C(N)=O. The van der Waals surface area contributed by atoms with Crippen molar-refractivity contribution in [1.82, 2.24) is 24.9 Å². The van der Waals surface area contributed by atoms with Crippen LogP contribution in [0.15, 0.2) is 55.4 Å². The first-order valence-corrected chi connectivity index (χ1v) is 10.2. The molecule has 8 nitrogen and oxygen atoms in total. The number of carbonyl (C=O) groups is 1. The van der Waals surface area contributed by atoms with Crippen molar-refractivity contribution in [2.75, 3.05) is 4.90 Å². The quantitative estimate of drug-likeness (QED) is 0.460. The van der Waals surface area contributed by atoms with Crippen molar-refractivity contribution in [3.8, 4) is 11.3 Å². The molecule has 4 aromatic rings. The third kappa shape index (κ3) is 4.34. The van der Waals surface area contributed by atoms with Gasteiger partial charge in [0.1, 0.15) is 17.5 Å². The van der Waals surface area contributed by atoms with Crippen LogP contribution in [0.1, 0.15) is 19.4 Å². The Labute approximate surface area is 184 Å². The highest BCUT2D eigenvalue weighted by atomic mass is 35.5. The number of anilines is 1. The van der Waals surface area contributed by atoms with Crippen LogP contribution in [0.25, 0.3) is 22.3 Å². The minimum Gasteiger partial charge on any atom is -0.368 e. The second-order valence-electron chi connectivity index (χ2n) is 7.41. The molecule has 0 spiro atoms. The highest BCUT2D eigenvalue weighted by molar-refractivity contribution is 6.31. The third-order valence-electron chi connectivity index (χ3n) is 5.22. The number of aromatic amines is 1. The predicted octanol–water partition coefficient (Wildman–Crippen LogP) is 3.38. The largest absolute Gasteiger partial charge is 0.368 e. The van der Waals surface area contributed by atoms with Crippen LogP contribution in [0.4, 0.5) is 5.82 Å². The smallest absolute Gasteiger partial charge is 0.239 e. The van der Waals surface area contributed by atoms with E-state index in [-0.39, 0.29) is 6.04 Å². The molecule has 1 unspecified atom stereocenters. The van der Waals surface area contributed by atoms with Crippen LogP contribution in [-0.4, -0.2) is 42.9 Å². The minimum absolute atomic E-state index is 0.0738. The molecule has 2 atom stereocenters. The molecule has 1 amide bonds. The molecule has 3 N–H and O–H groups in total. The van der Waals surface area contributed by atoms with E-state index in [4.69, 9.17) is 22.3 Å². The summed E-state index contributed by atoms with van der Waals surface area (Å²) in [6.07, 6.45) is 10.9. The number of aromatic nitrogens is 5. The summed E-state index contributed by atoms with van der Waals surface area (Å²) in [6.45, 7) is 3.79. The topological polar surface area (TPSA) is 114 Å². The van der Waals surface area contributed by atoms with E-state index in [1.165, 1.54) is 0 Å². The summed E-state index contributed by atoms with van der Waals surface area (Å²) in [4.78, 5) is 34.8. The number of fused-ring (bicyclic) bond motifs is 1. The van der Waals surface area contributed by atoms with Gasteiger partial charge in [-0.15, -0.1) is 0 Å². The van der Waals surface area contributed by atoms with Gasteiger partial charge in [-0.05, 0) is 38.0 Å². The molecule has 0 aliphatic rings. The summed E-state index contributed by atoms with van der Waals surface area (Å²) in [6, 6.07) is 5.08. The fourth-order valence-corrected chi connectivity index (χ4v) is 3.86. The second-order valence-corrected chi connectivity index (χ2v) is 7.85. The lowest BCUT2D eigenvalue weighted by atomic mass is 10.1. The second kappa shape index (κ2) is 8.69. The average Bonchev–Trinajstić information content (AvgIpc) is 3.17. The first-order chi connectivity index (χ1) is 14.9. The van der Waals surface area contributed by atoms with Crippen LogP contribution in [0.2, 0.25) is 5.02 Å². The number of H-pyrrole nitrogens is 1. The van der Waals surface area contributed by atoms with Gasteiger partial charge in [0.2, 0.25) is 5.91 Å². The van der Waals surface area contributed by atoms with Gasteiger partial charge in [0.25, 0.3) is 0 Å². The Hall–Kier alpha value is -3.52. The standard InChI is InChI=1S/C22H22ClN7O/c1-13(6-15-4-3-5-25-8-15)30(14(2)21(24)31)20-12-26-11-19(29-20)18-10-28-22-17(18)7-16(23)9-27-22/h3-5,7-14H,6H2,1-2H3,(H2,24,31)(H,27,28)/t13?,14-/m1/s1. The molecule has 9 heteroatoms. The summed E-state index contributed by atoms with van der Waals surface area (Å²) < 4.78 is 0. The Kier molecular flexibility index (Phi) is 5.81. The predicted molar refractivity (Wildman–Crippen MR) is 121 cm³/mol. The molecule has 31 heavy (non-hydrogen) atoms. The van der Waals surface area contributed by atoms with Crippen LogP contribution in [0, 0.1) is 0 Å². The van der Waals surface area contributed by atoms with E-state index in [1.807, 2.05) is 42.4 Å². The van der Waals surface area contributed by atoms with Crippen molar-refractivity contribution in [2.24, 2.45) is 5.73 Å². The van der Waals surface area contributed by atoms with E-state index in [2.05, 4.69) is 19.9 Å². The number of primary amides is 1. The maximum Gasteiger partial charge on any atom is 0.239 e. The number of pyridine rings is 2. The molecule has 0 aliphatic carbocycles. The number of halogens is 1. The van der Waals surface area contributed by atoms with E-state index in [0.29, 0.717) is 28.6 Å². The van der Waals surface area contributed by atoms with E-state index in [9.17, 15) is 4.79 Å². The first-order valence-electron chi connectivity index (χ1n) is 9.85. The van der Waals surface area contributed by atoms with Crippen molar-refractivity contribution in [3.05, 3.63) is 66.0 Å². The van der Waals surface area contributed by atoms with Crippen LogP contribution < -0.4 is 10.6 Å². The lowest BCUT2D eigenvalue weighted by Crippen LogP contribution is -2.48. The summed E-state index contributed by atoms with van der Waals surface area (Å²) in [5.41, 5.74) is 8.89. The molecule has 0 fully saturated rings. The molecule has 4 heterocycles. The maximum absolute atomic E-state index is 12.1. The molecule has 0 saturated heterocycles. The number of nitrogens with zero attached hydrogens (tertiary/aromatic N) is 5. The molecule has 4 aromatic heterocycles. The van der Waals surface area contributed by atoms with Crippen LogP contribution in [0.5, 0.6) is 0 Å². The molecular formula is C22H22ClN7O. The number of rotatable bonds is 7. The van der Waals surface area contributed by atoms with Crippen molar-refractivity contribution >= 4 is 34.4 Å². The molecule has 158 valence electrons. The zero-order chi connectivity index (χ0) is 22.0. The van der Waals surface area contributed by atoms with Crippen LogP contribution in [0.3, 0.4) is 0 Å². The van der Waals surface area contributed by atoms with Gasteiger partial charge in [0.05, 0.1) is 23.1 Å². The van der Waals surface area contributed by atoms with Crippen molar-refractivity contribution in [2.45, 2.75) is 32.4 Å². The first kappa shape index (κ1) is 20.7. The average molecular weight is 436 g/mol. The number of hydrogen-bond acceptors (Lipinski definition) is 6. The molecule has 0 aliphatic heterocycles. The molecule has 0 aromatic carbocycles. The summed E-state index contributed by atoms with van der Waals surface area (Å²) in [7, 11) is 0. The van der Waals surface area contributed by atoms with Crippen molar-refractivity contribution < 1.29 is 4.79 Å². The zero-order valence-corrected chi connectivity index (χ0v) is 17.9. The molecule has 0 bridgehead atoms. The highest BCUT2D eigenvalue weighted by Gasteiger charge is 2.26. The number of nitrogens with two attached hydrogens (primary N) is 1. The Morgan fingerprint density at radius 3 is 2.81 bits per heavy atom. The Morgan fingerprint density at radius 1 is 1.23 bits per heavy atom. The van der Waals surface area contributed by atoms with Crippen molar-refractivity contribution in [1.29, 1.82) is 0 Å². The number of hydrogen-bond donors (Lipinski definition) is 2.